The number of piperazine rings is 1. The van der Waals surface area contributed by atoms with Gasteiger partial charge in [0.25, 0.3) is 0 Å². The number of alkyl halides is 3. The largest absolute Gasteiger partial charge is 0.433 e. The third-order valence-corrected chi connectivity index (χ3v) is 8.11. The lowest BCUT2D eigenvalue weighted by Gasteiger charge is -2.39. The van der Waals surface area contributed by atoms with E-state index in [0.29, 0.717) is 25.1 Å². The zero-order valence-electron chi connectivity index (χ0n) is 17.7. The van der Waals surface area contributed by atoms with Gasteiger partial charge in [-0.1, -0.05) is 11.6 Å². The number of rotatable bonds is 4. The van der Waals surface area contributed by atoms with Gasteiger partial charge < -0.3 is 15.1 Å². The minimum absolute atomic E-state index is 0.00508. The molecule has 0 spiro atoms. The molecule has 4 atom stereocenters. The normalized spacial score (nSPS) is 31.3. The van der Waals surface area contributed by atoms with Gasteiger partial charge in [-0.3, -0.25) is 9.69 Å². The van der Waals surface area contributed by atoms with Crippen LogP contribution in [0.15, 0.2) is 12.1 Å². The highest BCUT2D eigenvalue weighted by molar-refractivity contribution is 6.34. The fourth-order valence-electron chi connectivity index (χ4n) is 5.63. The van der Waals surface area contributed by atoms with Crippen LogP contribution in [-0.2, 0) is 11.0 Å². The number of carbonyl (C=O) groups excluding carboxylic acids is 1. The molecular weight excluding hydrogens is 461 g/mol. The van der Waals surface area contributed by atoms with Gasteiger partial charge in [0.15, 0.2) is 6.23 Å². The standard InChI is InChI=1S/C22H24ClF3N4O3/c23-18-15-5-12(11-1-2-11)6-16(22(24,25)26)30(15)27-19(18)20(32)28-3-4-29(17(31)10-28)14-7-13-8-21(13,33)9-14/h5-6,11,13-14,20,32-33H,1-4,7-10H2. The summed E-state index contributed by atoms with van der Waals surface area (Å²) in [4.78, 5) is 16.0. The number of amides is 1. The zero-order valence-corrected chi connectivity index (χ0v) is 18.5. The van der Waals surface area contributed by atoms with Crippen LogP contribution in [0, 0.1) is 5.92 Å². The van der Waals surface area contributed by atoms with Gasteiger partial charge in [-0.05, 0) is 61.6 Å². The van der Waals surface area contributed by atoms with E-state index in [1.165, 1.54) is 4.90 Å². The second-order valence-electron chi connectivity index (χ2n) is 9.97. The SMILES string of the molecule is O=C1CN(C(O)c2nn3c(C(F)(F)F)cc(C4CC4)cc3c2Cl)CCN1C1CC2CC2(O)C1. The van der Waals surface area contributed by atoms with Gasteiger partial charge in [0.1, 0.15) is 11.4 Å². The fraction of sp³-hybridized carbons (Fsp3) is 0.636. The first-order valence-electron chi connectivity index (χ1n) is 11.3. The Bertz CT molecular complexity index is 1150. The Kier molecular flexibility index (Phi) is 4.63. The summed E-state index contributed by atoms with van der Waals surface area (Å²) >= 11 is 6.43. The smallest absolute Gasteiger partial charge is 0.390 e. The minimum Gasteiger partial charge on any atom is -0.390 e. The van der Waals surface area contributed by atoms with Crippen molar-refractivity contribution >= 4 is 23.0 Å². The maximum absolute atomic E-state index is 13.7. The molecule has 6 rings (SSSR count). The van der Waals surface area contributed by atoms with Crippen LogP contribution in [0.4, 0.5) is 13.2 Å². The molecule has 2 aromatic heterocycles. The van der Waals surface area contributed by atoms with E-state index in [1.807, 2.05) is 0 Å². The van der Waals surface area contributed by atoms with E-state index in [9.17, 15) is 28.2 Å². The van der Waals surface area contributed by atoms with Gasteiger partial charge in [0, 0.05) is 19.1 Å². The van der Waals surface area contributed by atoms with E-state index in [1.54, 1.807) is 11.0 Å². The zero-order chi connectivity index (χ0) is 23.3. The van der Waals surface area contributed by atoms with Crippen LogP contribution in [-0.4, -0.2) is 66.8 Å². The molecule has 3 aliphatic carbocycles. The van der Waals surface area contributed by atoms with Gasteiger partial charge in [-0.15, -0.1) is 0 Å². The fourth-order valence-corrected chi connectivity index (χ4v) is 5.90. The van der Waals surface area contributed by atoms with Gasteiger partial charge in [-0.2, -0.15) is 18.3 Å². The molecule has 4 fully saturated rings. The van der Waals surface area contributed by atoms with Crippen LogP contribution in [0.5, 0.6) is 0 Å². The Balaban J connectivity index is 1.26. The average molecular weight is 485 g/mol. The lowest BCUT2D eigenvalue weighted by atomic mass is 10.1. The molecule has 2 N–H and O–H groups in total. The Morgan fingerprint density at radius 2 is 1.97 bits per heavy atom. The molecular formula is C22H24ClF3N4O3. The molecule has 0 bridgehead atoms. The van der Waals surface area contributed by atoms with Crippen molar-refractivity contribution in [3.63, 3.8) is 0 Å². The molecule has 178 valence electrons. The van der Waals surface area contributed by atoms with E-state index in [-0.39, 0.29) is 46.6 Å². The summed E-state index contributed by atoms with van der Waals surface area (Å²) in [5.74, 6) is 0.168. The van der Waals surface area contributed by atoms with Crippen LogP contribution in [0.25, 0.3) is 5.52 Å². The van der Waals surface area contributed by atoms with E-state index < -0.39 is 23.7 Å². The number of hydrogen-bond donors (Lipinski definition) is 2. The Morgan fingerprint density at radius 1 is 1.21 bits per heavy atom. The quantitative estimate of drug-likeness (QED) is 0.697. The summed E-state index contributed by atoms with van der Waals surface area (Å²) < 4.78 is 41.9. The van der Waals surface area contributed by atoms with Gasteiger partial charge in [0.2, 0.25) is 5.91 Å². The Labute approximate surface area is 192 Å². The molecule has 1 amide bonds. The van der Waals surface area contributed by atoms with Crippen molar-refractivity contribution in [1.29, 1.82) is 0 Å². The lowest BCUT2D eigenvalue weighted by Crippen LogP contribution is -2.54. The molecule has 1 saturated heterocycles. The molecule has 4 aliphatic rings. The number of aromatic nitrogens is 2. The van der Waals surface area contributed by atoms with Crippen molar-refractivity contribution in [2.24, 2.45) is 5.92 Å². The van der Waals surface area contributed by atoms with E-state index in [0.717, 1.165) is 36.3 Å². The number of aliphatic hydroxyl groups excluding tert-OH is 1. The number of hydrogen-bond acceptors (Lipinski definition) is 5. The van der Waals surface area contributed by atoms with Crippen molar-refractivity contribution in [3.05, 3.63) is 34.1 Å². The molecule has 11 heteroatoms. The average Bonchev–Trinajstić information content (AvgIpc) is 3.65. The molecule has 4 unspecified atom stereocenters. The van der Waals surface area contributed by atoms with E-state index >= 15 is 0 Å². The van der Waals surface area contributed by atoms with Crippen molar-refractivity contribution in [1.82, 2.24) is 19.4 Å². The highest BCUT2D eigenvalue weighted by Crippen LogP contribution is 2.57. The predicted molar refractivity (Wildman–Crippen MR) is 112 cm³/mol. The molecule has 7 nitrogen and oxygen atoms in total. The monoisotopic (exact) mass is 484 g/mol. The molecule has 33 heavy (non-hydrogen) atoms. The summed E-state index contributed by atoms with van der Waals surface area (Å²) in [7, 11) is 0. The summed E-state index contributed by atoms with van der Waals surface area (Å²) in [6.45, 7) is 0.606. The Morgan fingerprint density at radius 3 is 2.58 bits per heavy atom. The van der Waals surface area contributed by atoms with Crippen LogP contribution < -0.4 is 0 Å². The first kappa shape index (κ1) is 21.6. The van der Waals surface area contributed by atoms with Crippen LogP contribution in [0.1, 0.15) is 61.2 Å². The summed E-state index contributed by atoms with van der Waals surface area (Å²) in [5, 5.41) is 25.2. The van der Waals surface area contributed by atoms with Crippen LogP contribution in [0.2, 0.25) is 5.02 Å². The van der Waals surface area contributed by atoms with Gasteiger partial charge in [-0.25, -0.2) is 4.52 Å². The molecule has 0 radical (unpaired) electrons. The highest BCUT2D eigenvalue weighted by Gasteiger charge is 2.60. The summed E-state index contributed by atoms with van der Waals surface area (Å²) in [6.07, 6.45) is -2.21. The number of fused-ring (bicyclic) bond motifs is 2. The first-order chi connectivity index (χ1) is 15.5. The van der Waals surface area contributed by atoms with E-state index in [4.69, 9.17) is 11.6 Å². The maximum atomic E-state index is 13.7. The number of aliphatic hydroxyl groups is 2. The third kappa shape index (κ3) is 3.53. The van der Waals surface area contributed by atoms with Crippen molar-refractivity contribution in [3.8, 4) is 0 Å². The molecule has 2 aromatic rings. The maximum Gasteiger partial charge on any atom is 0.433 e. The summed E-state index contributed by atoms with van der Waals surface area (Å²) in [5.41, 5.74) is -0.974. The molecule has 0 aromatic carbocycles. The second-order valence-corrected chi connectivity index (χ2v) is 10.3. The first-order valence-corrected chi connectivity index (χ1v) is 11.7. The van der Waals surface area contributed by atoms with Crippen LogP contribution >= 0.6 is 11.6 Å². The van der Waals surface area contributed by atoms with Crippen LogP contribution in [0.3, 0.4) is 0 Å². The predicted octanol–water partition coefficient (Wildman–Crippen LogP) is 2.93. The number of halogens is 4. The second kappa shape index (κ2) is 7.07. The lowest BCUT2D eigenvalue weighted by molar-refractivity contribution is -0.145. The number of pyridine rings is 1. The van der Waals surface area contributed by atoms with Crippen molar-refractivity contribution < 1.29 is 28.2 Å². The summed E-state index contributed by atoms with van der Waals surface area (Å²) in [6, 6.07) is 2.71. The third-order valence-electron chi connectivity index (χ3n) is 7.72. The minimum atomic E-state index is -4.63. The number of nitrogens with zero attached hydrogens (tertiary/aromatic N) is 4. The van der Waals surface area contributed by atoms with E-state index in [2.05, 4.69) is 5.10 Å². The Hall–Kier alpha value is -1.88. The van der Waals surface area contributed by atoms with Crippen molar-refractivity contribution in [2.75, 3.05) is 19.6 Å². The van der Waals surface area contributed by atoms with Crippen molar-refractivity contribution in [2.45, 2.75) is 62.1 Å². The number of carbonyl (C=O) groups is 1. The highest BCUT2D eigenvalue weighted by atomic mass is 35.5. The topological polar surface area (TPSA) is 81.3 Å². The van der Waals surface area contributed by atoms with Gasteiger partial charge in [0.05, 0.1) is 22.7 Å². The molecule has 3 saturated carbocycles. The molecule has 1 aliphatic heterocycles. The van der Waals surface area contributed by atoms with Gasteiger partial charge >= 0.3 is 6.18 Å². The molecule has 3 heterocycles.